The molecule has 1 aromatic heterocycles. The third-order valence-corrected chi connectivity index (χ3v) is 2.54. The molecule has 10 nitrogen and oxygen atoms in total. The molecule has 0 aliphatic carbocycles. The third-order valence-electron chi connectivity index (χ3n) is 2.54. The van der Waals surface area contributed by atoms with E-state index in [1.165, 1.54) is 20.3 Å². The number of carboxylic acid groups (broad SMARTS) is 1. The SMILES string of the molecule is COc1cc(OC)nc(NC(=O)C2CC(C(=O)O)=NO2)n1. The molecule has 1 unspecified atom stereocenters. The van der Waals surface area contributed by atoms with Gasteiger partial charge in [0.25, 0.3) is 5.91 Å². The van der Waals surface area contributed by atoms with Gasteiger partial charge in [0.1, 0.15) is 0 Å². The summed E-state index contributed by atoms with van der Waals surface area (Å²) in [5.41, 5.74) is -0.223. The van der Waals surface area contributed by atoms with Crippen LogP contribution in [0.25, 0.3) is 0 Å². The number of carbonyl (C=O) groups is 2. The van der Waals surface area contributed by atoms with Gasteiger partial charge in [0.05, 0.1) is 20.3 Å². The van der Waals surface area contributed by atoms with Crippen LogP contribution in [0.3, 0.4) is 0 Å². The second-order valence-corrected chi connectivity index (χ2v) is 3.91. The summed E-state index contributed by atoms with van der Waals surface area (Å²) >= 11 is 0. The van der Waals surface area contributed by atoms with Crippen LogP contribution in [-0.2, 0) is 14.4 Å². The molecule has 2 rings (SSSR count). The predicted molar refractivity (Wildman–Crippen MR) is 68.3 cm³/mol. The van der Waals surface area contributed by atoms with E-state index in [1.54, 1.807) is 0 Å². The molecule has 1 atom stereocenters. The van der Waals surface area contributed by atoms with Gasteiger partial charge in [-0.3, -0.25) is 10.1 Å². The minimum Gasteiger partial charge on any atom is -0.481 e. The number of anilines is 1. The molecule has 0 radical (unpaired) electrons. The topological polar surface area (TPSA) is 132 Å². The first-order valence-corrected chi connectivity index (χ1v) is 5.77. The zero-order valence-electron chi connectivity index (χ0n) is 11.2. The van der Waals surface area contributed by atoms with Gasteiger partial charge in [-0.05, 0) is 0 Å². The highest BCUT2D eigenvalue weighted by Crippen LogP contribution is 2.18. The molecule has 0 bridgehead atoms. The number of carboxylic acids is 1. The summed E-state index contributed by atoms with van der Waals surface area (Å²) in [6.45, 7) is 0. The van der Waals surface area contributed by atoms with E-state index in [-0.39, 0.29) is 29.8 Å². The highest BCUT2D eigenvalue weighted by atomic mass is 16.6. The number of methoxy groups -OCH3 is 2. The molecule has 1 aliphatic rings. The van der Waals surface area contributed by atoms with Crippen molar-refractivity contribution in [2.45, 2.75) is 12.5 Å². The summed E-state index contributed by atoms with van der Waals surface area (Å²) in [7, 11) is 2.81. The number of ether oxygens (including phenoxy) is 2. The van der Waals surface area contributed by atoms with E-state index >= 15 is 0 Å². The van der Waals surface area contributed by atoms with Crippen LogP contribution in [0.4, 0.5) is 5.95 Å². The lowest BCUT2D eigenvalue weighted by atomic mass is 10.2. The van der Waals surface area contributed by atoms with Crippen molar-refractivity contribution in [1.82, 2.24) is 9.97 Å². The van der Waals surface area contributed by atoms with Crippen molar-refractivity contribution < 1.29 is 29.0 Å². The number of hydrogen-bond acceptors (Lipinski definition) is 8. The number of nitrogens with one attached hydrogen (secondary N) is 1. The van der Waals surface area contributed by atoms with Gasteiger partial charge in [0, 0.05) is 6.42 Å². The molecule has 0 saturated carbocycles. The summed E-state index contributed by atoms with van der Waals surface area (Å²) in [6, 6.07) is 1.44. The van der Waals surface area contributed by atoms with Gasteiger partial charge in [0.15, 0.2) is 5.71 Å². The van der Waals surface area contributed by atoms with Crippen LogP contribution in [0.15, 0.2) is 11.2 Å². The molecule has 1 aliphatic heterocycles. The van der Waals surface area contributed by atoms with E-state index in [1.807, 2.05) is 0 Å². The van der Waals surface area contributed by atoms with Crippen molar-refractivity contribution in [1.29, 1.82) is 0 Å². The standard InChI is InChI=1S/C11H12N4O6/c1-19-7-4-8(20-2)13-11(12-7)14-9(16)6-3-5(10(17)18)15-21-6/h4,6H,3H2,1-2H3,(H,17,18)(H,12,13,14,16). The molecule has 0 fully saturated rings. The lowest BCUT2D eigenvalue weighted by molar-refractivity contribution is -0.129. The molecular formula is C11H12N4O6. The summed E-state index contributed by atoms with van der Waals surface area (Å²) in [5.74, 6) is -1.50. The van der Waals surface area contributed by atoms with Crippen LogP contribution in [0.1, 0.15) is 6.42 Å². The van der Waals surface area contributed by atoms with Gasteiger partial charge in [-0.2, -0.15) is 9.97 Å². The maximum atomic E-state index is 11.9. The maximum absolute atomic E-state index is 11.9. The van der Waals surface area contributed by atoms with Gasteiger partial charge in [-0.25, -0.2) is 4.79 Å². The van der Waals surface area contributed by atoms with Crippen LogP contribution in [0.2, 0.25) is 0 Å². The number of amides is 1. The van der Waals surface area contributed by atoms with Crippen molar-refractivity contribution in [2.24, 2.45) is 5.16 Å². The Bertz CT molecular complexity index is 580. The quantitative estimate of drug-likeness (QED) is 0.754. The van der Waals surface area contributed by atoms with E-state index in [4.69, 9.17) is 19.4 Å². The molecule has 1 amide bonds. The Morgan fingerprint density at radius 2 is 1.95 bits per heavy atom. The van der Waals surface area contributed by atoms with Crippen molar-refractivity contribution in [3.63, 3.8) is 0 Å². The van der Waals surface area contributed by atoms with Crippen molar-refractivity contribution in [3.05, 3.63) is 6.07 Å². The van der Waals surface area contributed by atoms with Crippen molar-refractivity contribution >= 4 is 23.5 Å². The molecule has 0 saturated heterocycles. The molecule has 0 spiro atoms. The molecule has 112 valence electrons. The van der Waals surface area contributed by atoms with Crippen LogP contribution in [-0.4, -0.2) is 53.0 Å². The normalized spacial score (nSPS) is 16.7. The number of aromatic nitrogens is 2. The smallest absolute Gasteiger partial charge is 0.353 e. The van der Waals surface area contributed by atoms with E-state index in [9.17, 15) is 9.59 Å². The number of rotatable bonds is 5. The number of carbonyl (C=O) groups excluding carboxylic acids is 1. The minimum absolute atomic E-state index is 0.0522. The van der Waals surface area contributed by atoms with Crippen LogP contribution < -0.4 is 14.8 Å². The van der Waals surface area contributed by atoms with Crippen molar-refractivity contribution in [2.75, 3.05) is 19.5 Å². The fourth-order valence-electron chi connectivity index (χ4n) is 1.50. The Morgan fingerprint density at radius 1 is 1.33 bits per heavy atom. The zero-order chi connectivity index (χ0) is 15.4. The Labute approximate surface area is 118 Å². The van der Waals surface area contributed by atoms with Crippen LogP contribution >= 0.6 is 0 Å². The average Bonchev–Trinajstić information content (AvgIpc) is 2.97. The first-order valence-electron chi connectivity index (χ1n) is 5.77. The first kappa shape index (κ1) is 14.5. The fraction of sp³-hybridized carbons (Fsp3) is 0.364. The maximum Gasteiger partial charge on any atom is 0.353 e. The Morgan fingerprint density at radius 3 is 2.43 bits per heavy atom. The monoisotopic (exact) mass is 296 g/mol. The highest BCUT2D eigenvalue weighted by Gasteiger charge is 2.32. The predicted octanol–water partition coefficient (Wildman–Crippen LogP) is -0.338. The molecular weight excluding hydrogens is 284 g/mol. The largest absolute Gasteiger partial charge is 0.481 e. The molecule has 0 aromatic carbocycles. The van der Waals surface area contributed by atoms with Gasteiger partial charge >= 0.3 is 5.97 Å². The Hall–Kier alpha value is -2.91. The first-order chi connectivity index (χ1) is 10.0. The molecule has 1 aromatic rings. The molecule has 2 N–H and O–H groups in total. The molecule has 10 heteroatoms. The van der Waals surface area contributed by atoms with E-state index in [2.05, 4.69) is 20.4 Å². The molecule has 2 heterocycles. The fourth-order valence-corrected chi connectivity index (χ4v) is 1.50. The summed E-state index contributed by atoms with van der Waals surface area (Å²) in [5, 5.41) is 14.4. The van der Waals surface area contributed by atoms with E-state index in [0.717, 1.165) is 0 Å². The second-order valence-electron chi connectivity index (χ2n) is 3.91. The van der Waals surface area contributed by atoms with E-state index in [0.29, 0.717) is 0 Å². The zero-order valence-corrected chi connectivity index (χ0v) is 11.2. The summed E-state index contributed by atoms with van der Waals surface area (Å²) in [6.07, 6.45) is -1.18. The van der Waals surface area contributed by atoms with E-state index < -0.39 is 18.0 Å². The average molecular weight is 296 g/mol. The minimum atomic E-state index is -1.23. The number of nitrogens with zero attached hydrogens (tertiary/aromatic N) is 3. The van der Waals surface area contributed by atoms with Gasteiger partial charge < -0.3 is 19.4 Å². The lowest BCUT2D eigenvalue weighted by Crippen LogP contribution is -2.29. The van der Waals surface area contributed by atoms with Gasteiger partial charge in [-0.1, -0.05) is 5.16 Å². The number of aliphatic carboxylic acids is 1. The Balaban J connectivity index is 2.05. The second kappa shape index (κ2) is 6.03. The third kappa shape index (κ3) is 3.35. The van der Waals surface area contributed by atoms with Gasteiger partial charge in [0.2, 0.25) is 23.8 Å². The highest BCUT2D eigenvalue weighted by molar-refractivity contribution is 6.36. The van der Waals surface area contributed by atoms with Crippen molar-refractivity contribution in [3.8, 4) is 11.8 Å². The summed E-state index contributed by atoms with van der Waals surface area (Å²) in [4.78, 5) is 35.2. The number of hydrogen-bond donors (Lipinski definition) is 2. The van der Waals surface area contributed by atoms with Crippen LogP contribution in [0.5, 0.6) is 11.8 Å². The van der Waals surface area contributed by atoms with Crippen LogP contribution in [0, 0.1) is 0 Å². The Kier molecular flexibility index (Phi) is 4.16. The van der Waals surface area contributed by atoms with Gasteiger partial charge in [-0.15, -0.1) is 0 Å². The number of oxime groups is 1. The molecule has 21 heavy (non-hydrogen) atoms. The summed E-state index contributed by atoms with van der Waals surface area (Å²) < 4.78 is 9.88. The lowest BCUT2D eigenvalue weighted by Gasteiger charge is -2.10.